The molecule has 0 saturated heterocycles. The number of aromatic nitrogens is 3. The standard InChI is InChI=1S/C23H27N5O2S/c1-4-6-19-25-26-23-28(19)27-20(16-9-13-18(14-10-16)30-5-2)21(31-23)22(29)24-17-11-7-15(3)8-12-17/h7-14,20-21,27H,4-6H2,1-3H3,(H,24,29)/t20-,21+/m0/s1. The lowest BCUT2D eigenvalue weighted by Crippen LogP contribution is -2.41. The van der Waals surface area contributed by atoms with E-state index >= 15 is 0 Å². The second-order valence-electron chi connectivity index (χ2n) is 7.49. The average molecular weight is 438 g/mol. The van der Waals surface area contributed by atoms with E-state index in [2.05, 4.69) is 27.9 Å². The first-order valence-electron chi connectivity index (χ1n) is 10.6. The zero-order chi connectivity index (χ0) is 21.8. The van der Waals surface area contributed by atoms with Crippen molar-refractivity contribution >= 4 is 23.4 Å². The Morgan fingerprint density at radius 3 is 2.55 bits per heavy atom. The van der Waals surface area contributed by atoms with Gasteiger partial charge in [-0.05, 0) is 50.1 Å². The maximum atomic E-state index is 13.3. The maximum absolute atomic E-state index is 13.3. The zero-order valence-electron chi connectivity index (χ0n) is 18.0. The smallest absolute Gasteiger partial charge is 0.240 e. The van der Waals surface area contributed by atoms with E-state index in [1.54, 1.807) is 0 Å². The Balaban J connectivity index is 1.64. The van der Waals surface area contributed by atoms with Gasteiger partial charge >= 0.3 is 0 Å². The summed E-state index contributed by atoms with van der Waals surface area (Å²) in [6.07, 6.45) is 1.78. The van der Waals surface area contributed by atoms with Gasteiger partial charge < -0.3 is 15.5 Å². The SMILES string of the molecule is CCCc1nnc2n1N[C@@H](c1ccc(OCC)cc1)[C@H](C(=O)Nc1ccc(C)cc1)S2. The molecule has 0 bridgehead atoms. The van der Waals surface area contributed by atoms with Crippen molar-refractivity contribution in [1.29, 1.82) is 0 Å². The molecule has 7 nitrogen and oxygen atoms in total. The molecule has 0 radical (unpaired) electrons. The molecule has 1 aliphatic rings. The normalized spacial score (nSPS) is 17.5. The zero-order valence-corrected chi connectivity index (χ0v) is 18.8. The Morgan fingerprint density at radius 1 is 1.13 bits per heavy atom. The predicted octanol–water partition coefficient (Wildman–Crippen LogP) is 4.34. The lowest BCUT2D eigenvalue weighted by Gasteiger charge is -2.33. The van der Waals surface area contributed by atoms with Gasteiger partial charge in [0.2, 0.25) is 11.1 Å². The molecule has 162 valence electrons. The van der Waals surface area contributed by atoms with Gasteiger partial charge in [0.25, 0.3) is 0 Å². The highest BCUT2D eigenvalue weighted by Crippen LogP contribution is 2.38. The van der Waals surface area contributed by atoms with Crippen molar-refractivity contribution in [1.82, 2.24) is 14.9 Å². The van der Waals surface area contributed by atoms with Crippen molar-refractivity contribution in [2.24, 2.45) is 0 Å². The summed E-state index contributed by atoms with van der Waals surface area (Å²) < 4.78 is 7.50. The number of thioether (sulfide) groups is 1. The van der Waals surface area contributed by atoms with Gasteiger partial charge in [0, 0.05) is 12.1 Å². The maximum Gasteiger partial charge on any atom is 0.240 e. The molecule has 4 rings (SSSR count). The number of aryl methyl sites for hydroxylation is 2. The number of rotatable bonds is 7. The van der Waals surface area contributed by atoms with E-state index in [1.807, 2.05) is 67.1 Å². The van der Waals surface area contributed by atoms with Crippen LogP contribution in [-0.4, -0.2) is 32.6 Å². The molecule has 0 saturated carbocycles. The van der Waals surface area contributed by atoms with Crippen molar-refractivity contribution in [3.05, 3.63) is 65.5 Å². The van der Waals surface area contributed by atoms with Gasteiger partial charge in [0.1, 0.15) is 11.0 Å². The van der Waals surface area contributed by atoms with Crippen LogP contribution < -0.4 is 15.5 Å². The molecule has 1 aromatic heterocycles. The second kappa shape index (κ2) is 9.43. The number of ether oxygens (including phenoxy) is 1. The first kappa shape index (κ1) is 21.2. The number of nitrogens with one attached hydrogen (secondary N) is 2. The molecule has 2 aromatic carbocycles. The van der Waals surface area contributed by atoms with E-state index < -0.39 is 5.25 Å². The van der Waals surface area contributed by atoms with Crippen LogP contribution >= 0.6 is 11.8 Å². The van der Waals surface area contributed by atoms with E-state index in [-0.39, 0.29) is 11.9 Å². The van der Waals surface area contributed by atoms with E-state index in [0.29, 0.717) is 11.8 Å². The highest BCUT2D eigenvalue weighted by atomic mass is 32.2. The molecule has 0 fully saturated rings. The number of hydrogen-bond donors (Lipinski definition) is 2. The van der Waals surface area contributed by atoms with Crippen LogP contribution in [0.3, 0.4) is 0 Å². The van der Waals surface area contributed by atoms with Crippen molar-refractivity contribution < 1.29 is 9.53 Å². The summed E-state index contributed by atoms with van der Waals surface area (Å²) in [5.41, 5.74) is 6.42. The van der Waals surface area contributed by atoms with Crippen LogP contribution in [0.1, 0.15) is 43.3 Å². The van der Waals surface area contributed by atoms with Crippen LogP contribution in [0.5, 0.6) is 5.75 Å². The van der Waals surface area contributed by atoms with Crippen molar-refractivity contribution in [2.45, 2.75) is 50.1 Å². The van der Waals surface area contributed by atoms with E-state index in [4.69, 9.17) is 4.74 Å². The molecule has 1 amide bonds. The number of hydrogen-bond acceptors (Lipinski definition) is 6. The monoisotopic (exact) mass is 437 g/mol. The van der Waals surface area contributed by atoms with Gasteiger partial charge in [-0.3, -0.25) is 4.79 Å². The Bertz CT molecular complexity index is 1030. The van der Waals surface area contributed by atoms with Gasteiger partial charge in [0.15, 0.2) is 5.82 Å². The first-order valence-corrected chi connectivity index (χ1v) is 11.4. The van der Waals surface area contributed by atoms with Gasteiger partial charge in [-0.15, -0.1) is 10.2 Å². The highest BCUT2D eigenvalue weighted by molar-refractivity contribution is 8.00. The summed E-state index contributed by atoms with van der Waals surface area (Å²) >= 11 is 1.44. The number of nitrogens with zero attached hydrogens (tertiary/aromatic N) is 3. The third-order valence-corrected chi connectivity index (χ3v) is 6.32. The fraction of sp³-hybridized carbons (Fsp3) is 0.348. The molecule has 2 N–H and O–H groups in total. The highest BCUT2D eigenvalue weighted by Gasteiger charge is 2.37. The molecule has 8 heteroatoms. The van der Waals surface area contributed by atoms with Gasteiger partial charge in [0.05, 0.1) is 12.6 Å². The minimum absolute atomic E-state index is 0.0773. The molecule has 2 atom stereocenters. The summed E-state index contributed by atoms with van der Waals surface area (Å²) in [7, 11) is 0. The van der Waals surface area contributed by atoms with Crippen LogP contribution in [-0.2, 0) is 11.2 Å². The lowest BCUT2D eigenvalue weighted by atomic mass is 10.0. The first-order chi connectivity index (χ1) is 15.1. The fourth-order valence-electron chi connectivity index (χ4n) is 3.52. The molecule has 3 aromatic rings. The molecule has 0 aliphatic carbocycles. The molecule has 0 spiro atoms. The Kier molecular flexibility index (Phi) is 6.46. The molecular formula is C23H27N5O2S. The summed E-state index contributed by atoms with van der Waals surface area (Å²) in [5.74, 6) is 1.61. The van der Waals surface area contributed by atoms with Crippen LogP contribution in [0.4, 0.5) is 5.69 Å². The van der Waals surface area contributed by atoms with Crippen LogP contribution in [0.15, 0.2) is 53.7 Å². The van der Waals surface area contributed by atoms with Gasteiger partial charge in [-0.25, -0.2) is 4.68 Å². The van der Waals surface area contributed by atoms with E-state index in [1.165, 1.54) is 11.8 Å². The number of carbonyl (C=O) groups is 1. The average Bonchev–Trinajstić information content (AvgIpc) is 3.17. The van der Waals surface area contributed by atoms with Crippen LogP contribution in [0.25, 0.3) is 0 Å². The minimum Gasteiger partial charge on any atom is -0.494 e. The summed E-state index contributed by atoms with van der Waals surface area (Å²) in [4.78, 5) is 13.3. The fourth-order valence-corrected chi connectivity index (χ4v) is 4.62. The third kappa shape index (κ3) is 4.69. The minimum atomic E-state index is -0.412. The predicted molar refractivity (Wildman–Crippen MR) is 123 cm³/mol. The van der Waals surface area contributed by atoms with Crippen molar-refractivity contribution in [2.75, 3.05) is 17.3 Å². The van der Waals surface area contributed by atoms with Gasteiger partial charge in [-0.2, -0.15) is 0 Å². The molecule has 0 unspecified atom stereocenters. The number of carbonyl (C=O) groups excluding carboxylic acids is 1. The van der Waals surface area contributed by atoms with Crippen LogP contribution in [0, 0.1) is 6.92 Å². The molecule has 31 heavy (non-hydrogen) atoms. The van der Waals surface area contributed by atoms with Crippen molar-refractivity contribution in [3.63, 3.8) is 0 Å². The lowest BCUT2D eigenvalue weighted by molar-refractivity contribution is -0.116. The summed E-state index contributed by atoms with van der Waals surface area (Å²) in [6.45, 7) is 6.71. The van der Waals surface area contributed by atoms with Gasteiger partial charge in [-0.1, -0.05) is 48.5 Å². The van der Waals surface area contributed by atoms with E-state index in [0.717, 1.165) is 41.2 Å². The van der Waals surface area contributed by atoms with Crippen LogP contribution in [0.2, 0.25) is 0 Å². The second-order valence-corrected chi connectivity index (χ2v) is 8.60. The molecule has 2 heterocycles. The van der Waals surface area contributed by atoms with Crippen molar-refractivity contribution in [3.8, 4) is 5.75 Å². The Labute approximate surface area is 186 Å². The topological polar surface area (TPSA) is 81.1 Å². The number of fused-ring (bicyclic) bond motifs is 1. The summed E-state index contributed by atoms with van der Waals surface area (Å²) in [6, 6.07) is 15.4. The summed E-state index contributed by atoms with van der Waals surface area (Å²) in [5, 5.41) is 12.0. The Hall–Kier alpha value is -3.00. The van der Waals surface area contributed by atoms with E-state index in [9.17, 15) is 4.79 Å². The Morgan fingerprint density at radius 2 is 1.87 bits per heavy atom. The largest absolute Gasteiger partial charge is 0.494 e. The third-order valence-electron chi connectivity index (χ3n) is 5.11. The molecule has 1 aliphatic heterocycles. The number of amides is 1. The quantitative estimate of drug-likeness (QED) is 0.572. The molecular weight excluding hydrogens is 410 g/mol. The number of anilines is 1. The number of benzene rings is 2.